The van der Waals surface area contributed by atoms with Crippen LogP contribution >= 0.6 is 0 Å². The summed E-state index contributed by atoms with van der Waals surface area (Å²) in [6.45, 7) is 3.83. The van der Waals surface area contributed by atoms with E-state index in [-0.39, 0.29) is 11.5 Å². The molecule has 0 aliphatic heterocycles. The Balaban J connectivity index is 2.56. The number of hydrogen-bond acceptors (Lipinski definition) is 5. The van der Waals surface area contributed by atoms with Gasteiger partial charge in [0.2, 0.25) is 0 Å². The van der Waals surface area contributed by atoms with Gasteiger partial charge in [-0.3, -0.25) is 4.79 Å². The smallest absolute Gasteiger partial charge is 0.326 e. The molecule has 0 aliphatic carbocycles. The zero-order valence-electron chi connectivity index (χ0n) is 14.6. The van der Waals surface area contributed by atoms with Gasteiger partial charge in [-0.2, -0.15) is 5.26 Å². The minimum atomic E-state index is -1.04. The lowest BCUT2D eigenvalue weighted by atomic mass is 10.1. The SMILES string of the molecule is COc1ccc(CCNC(=O)/C(C#N)=C\NC(C(=O)O)C(C)C)cc1. The summed E-state index contributed by atoms with van der Waals surface area (Å²) in [6, 6.07) is 8.37. The monoisotopic (exact) mass is 345 g/mol. The van der Waals surface area contributed by atoms with Crippen LogP contribution in [0.5, 0.6) is 5.75 Å². The van der Waals surface area contributed by atoms with E-state index in [1.807, 2.05) is 24.3 Å². The highest BCUT2D eigenvalue weighted by atomic mass is 16.5. The van der Waals surface area contributed by atoms with Crippen LogP contribution in [0.2, 0.25) is 0 Å². The van der Waals surface area contributed by atoms with E-state index in [2.05, 4.69) is 10.6 Å². The number of benzene rings is 1. The Morgan fingerprint density at radius 1 is 1.32 bits per heavy atom. The summed E-state index contributed by atoms with van der Waals surface area (Å²) in [4.78, 5) is 23.1. The van der Waals surface area contributed by atoms with Gasteiger partial charge in [0.1, 0.15) is 23.4 Å². The van der Waals surface area contributed by atoms with Crippen molar-refractivity contribution in [2.45, 2.75) is 26.3 Å². The fourth-order valence-corrected chi connectivity index (χ4v) is 2.08. The number of carbonyl (C=O) groups excluding carboxylic acids is 1. The zero-order chi connectivity index (χ0) is 18.8. The number of amides is 1. The Labute approximate surface area is 147 Å². The summed E-state index contributed by atoms with van der Waals surface area (Å²) >= 11 is 0. The summed E-state index contributed by atoms with van der Waals surface area (Å²) < 4.78 is 5.08. The van der Waals surface area contributed by atoms with Gasteiger partial charge in [-0.15, -0.1) is 0 Å². The molecule has 1 amide bonds. The van der Waals surface area contributed by atoms with E-state index in [0.29, 0.717) is 13.0 Å². The van der Waals surface area contributed by atoms with E-state index >= 15 is 0 Å². The Bertz CT molecular complexity index is 660. The molecule has 0 aliphatic rings. The minimum absolute atomic E-state index is 0.165. The van der Waals surface area contributed by atoms with E-state index in [1.165, 1.54) is 0 Å². The van der Waals surface area contributed by atoms with Crippen LogP contribution in [0.3, 0.4) is 0 Å². The normalized spacial score (nSPS) is 12.2. The summed E-state index contributed by atoms with van der Waals surface area (Å²) in [6.07, 6.45) is 1.76. The molecule has 0 aromatic heterocycles. The maximum atomic E-state index is 12.0. The van der Waals surface area contributed by atoms with Crippen molar-refractivity contribution in [3.63, 3.8) is 0 Å². The van der Waals surface area contributed by atoms with Crippen LogP contribution in [0.1, 0.15) is 19.4 Å². The molecule has 0 radical (unpaired) electrons. The highest BCUT2D eigenvalue weighted by Gasteiger charge is 2.20. The van der Waals surface area contributed by atoms with E-state index in [1.54, 1.807) is 27.0 Å². The third-order valence-corrected chi connectivity index (χ3v) is 3.56. The van der Waals surface area contributed by atoms with Gasteiger partial charge in [0.25, 0.3) is 5.91 Å². The zero-order valence-corrected chi connectivity index (χ0v) is 14.6. The molecule has 1 unspecified atom stereocenters. The third kappa shape index (κ3) is 6.55. The molecule has 1 rings (SSSR count). The molecule has 1 aromatic carbocycles. The number of carbonyl (C=O) groups is 2. The summed E-state index contributed by atoms with van der Waals surface area (Å²) in [5, 5.41) is 23.4. The first-order chi connectivity index (χ1) is 11.9. The van der Waals surface area contributed by atoms with E-state index in [4.69, 9.17) is 15.1 Å². The number of carboxylic acids is 1. The lowest BCUT2D eigenvalue weighted by molar-refractivity contribution is -0.140. The van der Waals surface area contributed by atoms with Crippen molar-refractivity contribution in [3.8, 4) is 11.8 Å². The molecule has 3 N–H and O–H groups in total. The second-order valence-electron chi connectivity index (χ2n) is 5.75. The number of hydrogen-bond donors (Lipinski definition) is 3. The van der Waals surface area contributed by atoms with Gasteiger partial charge in [0.05, 0.1) is 7.11 Å². The number of aliphatic carboxylic acids is 1. The average Bonchev–Trinajstić information content (AvgIpc) is 2.58. The quantitative estimate of drug-likeness (QED) is 0.461. The number of methoxy groups -OCH3 is 1. The van der Waals surface area contributed by atoms with Crippen LogP contribution in [-0.4, -0.2) is 36.7 Å². The molecule has 0 fully saturated rings. The van der Waals surface area contributed by atoms with Crippen LogP contribution in [0, 0.1) is 17.2 Å². The molecular weight excluding hydrogens is 322 g/mol. The van der Waals surface area contributed by atoms with Crippen LogP contribution in [0.15, 0.2) is 36.0 Å². The van der Waals surface area contributed by atoms with Crippen molar-refractivity contribution in [2.75, 3.05) is 13.7 Å². The van der Waals surface area contributed by atoms with Crippen molar-refractivity contribution in [2.24, 2.45) is 5.92 Å². The molecule has 25 heavy (non-hydrogen) atoms. The fraction of sp³-hybridized carbons (Fsp3) is 0.389. The lowest BCUT2D eigenvalue weighted by Gasteiger charge is -2.16. The first-order valence-corrected chi connectivity index (χ1v) is 7.89. The Morgan fingerprint density at radius 3 is 2.44 bits per heavy atom. The molecular formula is C18H23N3O4. The van der Waals surface area contributed by atoms with E-state index < -0.39 is 17.9 Å². The van der Waals surface area contributed by atoms with Gasteiger partial charge in [-0.25, -0.2) is 4.79 Å². The van der Waals surface area contributed by atoms with Crippen molar-refractivity contribution in [1.82, 2.24) is 10.6 Å². The Morgan fingerprint density at radius 2 is 1.96 bits per heavy atom. The second kappa shape index (κ2) is 9.98. The van der Waals surface area contributed by atoms with Crippen LogP contribution < -0.4 is 15.4 Å². The van der Waals surface area contributed by atoms with Crippen LogP contribution in [0.4, 0.5) is 0 Å². The van der Waals surface area contributed by atoms with Gasteiger partial charge in [-0.1, -0.05) is 26.0 Å². The summed E-state index contributed by atoms with van der Waals surface area (Å²) in [5.74, 6) is -1.02. The number of nitrogens with zero attached hydrogens (tertiary/aromatic N) is 1. The molecule has 7 nitrogen and oxygen atoms in total. The predicted molar refractivity (Wildman–Crippen MR) is 92.8 cm³/mol. The van der Waals surface area contributed by atoms with Crippen LogP contribution in [-0.2, 0) is 16.0 Å². The fourth-order valence-electron chi connectivity index (χ4n) is 2.08. The van der Waals surface area contributed by atoms with Gasteiger partial charge in [0, 0.05) is 12.7 Å². The average molecular weight is 345 g/mol. The Hall–Kier alpha value is -3.01. The van der Waals surface area contributed by atoms with Gasteiger partial charge < -0.3 is 20.5 Å². The maximum Gasteiger partial charge on any atom is 0.326 e. The molecule has 0 saturated heterocycles. The molecule has 134 valence electrons. The number of ether oxygens (including phenoxy) is 1. The summed E-state index contributed by atoms with van der Waals surface area (Å²) in [7, 11) is 1.59. The third-order valence-electron chi connectivity index (χ3n) is 3.56. The largest absolute Gasteiger partial charge is 0.497 e. The molecule has 0 bridgehead atoms. The maximum absolute atomic E-state index is 12.0. The molecule has 7 heteroatoms. The summed E-state index contributed by atoms with van der Waals surface area (Å²) in [5.41, 5.74) is 0.856. The van der Waals surface area contributed by atoms with Crippen molar-refractivity contribution < 1.29 is 19.4 Å². The van der Waals surface area contributed by atoms with Crippen LogP contribution in [0.25, 0.3) is 0 Å². The van der Waals surface area contributed by atoms with Crippen molar-refractivity contribution >= 4 is 11.9 Å². The number of nitrogens with one attached hydrogen (secondary N) is 2. The highest BCUT2D eigenvalue weighted by molar-refractivity contribution is 5.97. The molecule has 0 spiro atoms. The Kier molecular flexibility index (Phi) is 8.00. The van der Waals surface area contributed by atoms with E-state index in [0.717, 1.165) is 17.5 Å². The minimum Gasteiger partial charge on any atom is -0.497 e. The molecule has 1 atom stereocenters. The second-order valence-corrected chi connectivity index (χ2v) is 5.75. The van der Waals surface area contributed by atoms with Gasteiger partial charge >= 0.3 is 5.97 Å². The first kappa shape index (κ1) is 20.0. The van der Waals surface area contributed by atoms with Gasteiger partial charge in [-0.05, 0) is 30.0 Å². The molecule has 0 saturated carbocycles. The van der Waals surface area contributed by atoms with Crippen molar-refractivity contribution in [3.05, 3.63) is 41.6 Å². The first-order valence-electron chi connectivity index (χ1n) is 7.89. The number of rotatable bonds is 9. The predicted octanol–water partition coefficient (Wildman–Crippen LogP) is 1.46. The topological polar surface area (TPSA) is 111 Å². The molecule has 0 heterocycles. The molecule has 1 aromatic rings. The van der Waals surface area contributed by atoms with Gasteiger partial charge in [0.15, 0.2) is 0 Å². The number of carboxylic acid groups (broad SMARTS) is 1. The number of nitriles is 1. The standard InChI is InChI=1S/C18H23N3O4/c1-12(2)16(18(23)24)21-11-14(10-19)17(22)20-9-8-13-4-6-15(25-3)7-5-13/h4-7,11-12,16,21H,8-9H2,1-3H3,(H,20,22)(H,23,24)/b14-11-. The lowest BCUT2D eigenvalue weighted by Crippen LogP contribution is -2.38. The van der Waals surface area contributed by atoms with E-state index in [9.17, 15) is 9.59 Å². The highest BCUT2D eigenvalue weighted by Crippen LogP contribution is 2.11. The van der Waals surface area contributed by atoms with Crippen molar-refractivity contribution in [1.29, 1.82) is 5.26 Å².